The second-order valence-electron chi connectivity index (χ2n) is 3.78. The summed E-state index contributed by atoms with van der Waals surface area (Å²) < 4.78 is 5.24. The first-order chi connectivity index (χ1) is 5.38. The van der Waals surface area contributed by atoms with Crippen molar-refractivity contribution in [3.63, 3.8) is 0 Å². The quantitative estimate of drug-likeness (QED) is 0.650. The number of hydrogen-bond donors (Lipinski definition) is 1. The third-order valence-electron chi connectivity index (χ3n) is 2.85. The molecular formula is C9H16O2. The summed E-state index contributed by atoms with van der Waals surface area (Å²) in [5, 5.41) is 9.76. The summed E-state index contributed by atoms with van der Waals surface area (Å²) in [5.74, 6) is 1.18. The fourth-order valence-corrected chi connectivity index (χ4v) is 1.88. The first-order valence-electron chi connectivity index (χ1n) is 4.64. The fraction of sp³-hybridized carbons (Fsp3) is 1.00. The predicted molar refractivity (Wildman–Crippen MR) is 42.3 cm³/mol. The fourth-order valence-electron chi connectivity index (χ4n) is 1.88. The molecule has 0 radical (unpaired) electrons. The van der Waals surface area contributed by atoms with Gasteiger partial charge in [-0.25, -0.2) is 0 Å². The van der Waals surface area contributed by atoms with E-state index in [9.17, 15) is 5.11 Å². The van der Waals surface area contributed by atoms with E-state index in [1.807, 2.05) is 0 Å². The minimum atomic E-state index is -0.0149. The molecule has 11 heavy (non-hydrogen) atoms. The van der Waals surface area contributed by atoms with Gasteiger partial charge in [-0.2, -0.15) is 0 Å². The van der Waals surface area contributed by atoms with Crippen molar-refractivity contribution >= 4 is 0 Å². The Morgan fingerprint density at radius 3 is 2.09 bits per heavy atom. The van der Waals surface area contributed by atoms with E-state index in [2.05, 4.69) is 0 Å². The standard InChI is InChI=1S/C9H16O2/c10-9(7-1-2-7)8-3-5-11-6-4-8/h7-10H,1-6H2/t9-/m1/s1. The SMILES string of the molecule is O[C@@H](C1CCOCC1)C1CC1. The van der Waals surface area contributed by atoms with Crippen LogP contribution >= 0.6 is 0 Å². The molecule has 0 aromatic carbocycles. The van der Waals surface area contributed by atoms with Gasteiger partial charge < -0.3 is 9.84 Å². The van der Waals surface area contributed by atoms with Crippen LogP contribution in [0.25, 0.3) is 0 Å². The molecule has 0 bridgehead atoms. The Balaban J connectivity index is 1.81. The molecule has 0 spiro atoms. The van der Waals surface area contributed by atoms with Gasteiger partial charge in [0.2, 0.25) is 0 Å². The van der Waals surface area contributed by atoms with Crippen LogP contribution in [0.5, 0.6) is 0 Å². The smallest absolute Gasteiger partial charge is 0.0598 e. The average Bonchev–Trinajstić information content (AvgIpc) is 2.87. The van der Waals surface area contributed by atoms with Crippen LogP contribution in [0.4, 0.5) is 0 Å². The summed E-state index contributed by atoms with van der Waals surface area (Å²) >= 11 is 0. The lowest BCUT2D eigenvalue weighted by Crippen LogP contribution is -2.28. The van der Waals surface area contributed by atoms with E-state index in [1.165, 1.54) is 12.8 Å². The third kappa shape index (κ3) is 1.74. The van der Waals surface area contributed by atoms with Crippen molar-refractivity contribution in [3.05, 3.63) is 0 Å². The van der Waals surface area contributed by atoms with Crippen LogP contribution in [0.2, 0.25) is 0 Å². The van der Waals surface area contributed by atoms with Crippen LogP contribution in [0, 0.1) is 11.8 Å². The number of rotatable bonds is 2. The van der Waals surface area contributed by atoms with Crippen molar-refractivity contribution in [1.82, 2.24) is 0 Å². The van der Waals surface area contributed by atoms with E-state index in [0.29, 0.717) is 11.8 Å². The number of aliphatic hydroxyl groups excluding tert-OH is 1. The summed E-state index contributed by atoms with van der Waals surface area (Å²) in [5.41, 5.74) is 0. The zero-order valence-electron chi connectivity index (χ0n) is 6.83. The second-order valence-corrected chi connectivity index (χ2v) is 3.78. The van der Waals surface area contributed by atoms with Crippen molar-refractivity contribution in [1.29, 1.82) is 0 Å². The topological polar surface area (TPSA) is 29.5 Å². The highest BCUT2D eigenvalue weighted by Crippen LogP contribution is 2.38. The molecule has 2 fully saturated rings. The van der Waals surface area contributed by atoms with Gasteiger partial charge >= 0.3 is 0 Å². The average molecular weight is 156 g/mol. The lowest BCUT2D eigenvalue weighted by Gasteiger charge is -2.26. The predicted octanol–water partition coefficient (Wildman–Crippen LogP) is 1.18. The highest BCUT2D eigenvalue weighted by Gasteiger charge is 2.35. The molecule has 1 aliphatic carbocycles. The lowest BCUT2D eigenvalue weighted by atomic mass is 9.91. The van der Waals surface area contributed by atoms with Crippen molar-refractivity contribution < 1.29 is 9.84 Å². The largest absolute Gasteiger partial charge is 0.393 e. The lowest BCUT2D eigenvalue weighted by molar-refractivity contribution is -0.000585. The van der Waals surface area contributed by atoms with Gasteiger partial charge in [-0.3, -0.25) is 0 Å². The van der Waals surface area contributed by atoms with Gasteiger partial charge in [0.1, 0.15) is 0 Å². The normalized spacial score (nSPS) is 30.3. The van der Waals surface area contributed by atoms with E-state index in [4.69, 9.17) is 4.74 Å². The molecule has 0 unspecified atom stereocenters. The number of aliphatic hydroxyl groups is 1. The second kappa shape index (κ2) is 3.11. The van der Waals surface area contributed by atoms with Crippen molar-refractivity contribution in [3.8, 4) is 0 Å². The van der Waals surface area contributed by atoms with Gasteiger partial charge in [-0.05, 0) is 37.5 Å². The van der Waals surface area contributed by atoms with E-state index < -0.39 is 0 Å². The summed E-state index contributed by atoms with van der Waals surface area (Å²) in [6.45, 7) is 1.71. The molecule has 2 aliphatic rings. The molecule has 1 saturated carbocycles. The molecule has 2 rings (SSSR count). The molecule has 64 valence electrons. The molecular weight excluding hydrogens is 140 g/mol. The highest BCUT2D eigenvalue weighted by molar-refractivity contribution is 4.86. The van der Waals surface area contributed by atoms with Gasteiger partial charge in [-0.15, -0.1) is 0 Å². The minimum Gasteiger partial charge on any atom is -0.393 e. The molecule has 0 aromatic rings. The maximum absolute atomic E-state index is 9.76. The van der Waals surface area contributed by atoms with Gasteiger partial charge in [0.05, 0.1) is 6.10 Å². The molecule has 1 saturated heterocycles. The van der Waals surface area contributed by atoms with Gasteiger partial charge in [0.15, 0.2) is 0 Å². The van der Waals surface area contributed by atoms with Gasteiger partial charge in [-0.1, -0.05) is 0 Å². The molecule has 1 heterocycles. The Bertz CT molecular complexity index is 126. The Labute approximate surface area is 67.6 Å². The van der Waals surface area contributed by atoms with Crippen LogP contribution in [0.3, 0.4) is 0 Å². The number of hydrogen-bond acceptors (Lipinski definition) is 2. The Morgan fingerprint density at radius 2 is 1.55 bits per heavy atom. The Morgan fingerprint density at radius 1 is 1.00 bits per heavy atom. The molecule has 2 nitrogen and oxygen atoms in total. The van der Waals surface area contributed by atoms with Crippen LogP contribution in [-0.2, 0) is 4.74 Å². The van der Waals surface area contributed by atoms with Crippen molar-refractivity contribution in [2.75, 3.05) is 13.2 Å². The van der Waals surface area contributed by atoms with E-state index in [1.54, 1.807) is 0 Å². The third-order valence-corrected chi connectivity index (χ3v) is 2.85. The van der Waals surface area contributed by atoms with E-state index in [-0.39, 0.29) is 6.10 Å². The van der Waals surface area contributed by atoms with Crippen molar-refractivity contribution in [2.24, 2.45) is 11.8 Å². The van der Waals surface area contributed by atoms with E-state index in [0.717, 1.165) is 26.1 Å². The van der Waals surface area contributed by atoms with Crippen molar-refractivity contribution in [2.45, 2.75) is 31.8 Å². The molecule has 0 aromatic heterocycles. The zero-order valence-corrected chi connectivity index (χ0v) is 6.83. The molecule has 1 aliphatic heterocycles. The Hall–Kier alpha value is -0.0800. The monoisotopic (exact) mass is 156 g/mol. The molecule has 1 atom stereocenters. The van der Waals surface area contributed by atoms with Gasteiger partial charge in [0, 0.05) is 13.2 Å². The maximum atomic E-state index is 9.76. The minimum absolute atomic E-state index is 0.0149. The highest BCUT2D eigenvalue weighted by atomic mass is 16.5. The maximum Gasteiger partial charge on any atom is 0.0598 e. The summed E-state index contributed by atoms with van der Waals surface area (Å²) in [6.07, 6.45) is 4.62. The van der Waals surface area contributed by atoms with Gasteiger partial charge in [0.25, 0.3) is 0 Å². The molecule has 0 amide bonds. The molecule has 1 N–H and O–H groups in total. The first kappa shape index (κ1) is 7.56. The summed E-state index contributed by atoms with van der Waals surface area (Å²) in [4.78, 5) is 0. The zero-order chi connectivity index (χ0) is 7.68. The number of ether oxygens (including phenoxy) is 1. The summed E-state index contributed by atoms with van der Waals surface area (Å²) in [7, 11) is 0. The van der Waals surface area contributed by atoms with Crippen LogP contribution < -0.4 is 0 Å². The molecule has 2 heteroatoms. The van der Waals surface area contributed by atoms with Crippen LogP contribution in [0.15, 0.2) is 0 Å². The van der Waals surface area contributed by atoms with Crippen LogP contribution in [0.1, 0.15) is 25.7 Å². The van der Waals surface area contributed by atoms with Crippen LogP contribution in [-0.4, -0.2) is 24.4 Å². The Kier molecular flexibility index (Phi) is 2.14. The summed E-state index contributed by atoms with van der Waals surface area (Å²) in [6, 6.07) is 0. The first-order valence-corrected chi connectivity index (χ1v) is 4.64. The van der Waals surface area contributed by atoms with E-state index >= 15 is 0 Å².